The van der Waals surface area contributed by atoms with Crippen LogP contribution < -0.4 is 4.74 Å². The Balaban J connectivity index is 1.60. The van der Waals surface area contributed by atoms with Crippen molar-refractivity contribution in [2.24, 2.45) is 0 Å². The summed E-state index contributed by atoms with van der Waals surface area (Å²) in [7, 11) is 1.65. The quantitative estimate of drug-likeness (QED) is 0.745. The van der Waals surface area contributed by atoms with Crippen LogP contribution in [-0.2, 0) is 0 Å². The van der Waals surface area contributed by atoms with E-state index in [1.807, 2.05) is 41.4 Å². The Kier molecular flexibility index (Phi) is 3.22. The van der Waals surface area contributed by atoms with Crippen LogP contribution in [0.25, 0.3) is 5.78 Å². The number of hydrogen-bond donors (Lipinski definition) is 0. The van der Waals surface area contributed by atoms with Crippen LogP contribution in [0.4, 0.5) is 0 Å². The second kappa shape index (κ2) is 5.39. The highest BCUT2D eigenvalue weighted by molar-refractivity contribution is 5.93. The van der Waals surface area contributed by atoms with E-state index in [0.29, 0.717) is 11.5 Å². The Bertz CT molecular complexity index is 841. The van der Waals surface area contributed by atoms with Crippen molar-refractivity contribution < 1.29 is 9.53 Å². The molecule has 0 bridgehead atoms. The fourth-order valence-electron chi connectivity index (χ4n) is 2.91. The molecule has 4 rings (SSSR count). The van der Waals surface area contributed by atoms with Gasteiger partial charge >= 0.3 is 0 Å². The zero-order valence-corrected chi connectivity index (χ0v) is 12.7. The maximum Gasteiger partial charge on any atom is 0.274 e. The van der Waals surface area contributed by atoms with Gasteiger partial charge in [0.1, 0.15) is 11.4 Å². The molecule has 1 amide bonds. The first-order valence-electron chi connectivity index (χ1n) is 7.51. The molecule has 0 N–H and O–H groups in total. The van der Waals surface area contributed by atoms with Gasteiger partial charge in [-0.25, -0.2) is 9.97 Å². The second-order valence-corrected chi connectivity index (χ2v) is 5.53. The number of carbonyl (C=O) groups excluding carboxylic acids is 1. The lowest BCUT2D eigenvalue weighted by Crippen LogP contribution is -2.45. The average Bonchev–Trinajstić information content (AvgIpc) is 2.98. The molecule has 0 unspecified atom stereocenters. The number of benzene rings is 1. The molecule has 0 saturated carbocycles. The summed E-state index contributed by atoms with van der Waals surface area (Å²) in [6.45, 7) is 0.738. The average molecular weight is 308 g/mol. The molecule has 0 aliphatic carbocycles. The molecule has 1 aromatic carbocycles. The number of likely N-dealkylation sites (tertiary alicyclic amines) is 1. The highest BCUT2D eigenvalue weighted by Gasteiger charge is 2.35. The highest BCUT2D eigenvalue weighted by atomic mass is 16.5. The Morgan fingerprint density at radius 3 is 3.00 bits per heavy atom. The van der Waals surface area contributed by atoms with Crippen LogP contribution in [0.2, 0.25) is 0 Å². The van der Waals surface area contributed by atoms with Crippen LogP contribution in [0, 0.1) is 0 Å². The first-order chi connectivity index (χ1) is 11.3. The summed E-state index contributed by atoms with van der Waals surface area (Å²) < 4.78 is 7.02. The smallest absolute Gasteiger partial charge is 0.274 e. The molecule has 1 aliphatic rings. The molecular weight excluding hydrogens is 292 g/mol. The van der Waals surface area contributed by atoms with Crippen LogP contribution in [0.5, 0.6) is 5.75 Å². The molecule has 1 atom stereocenters. The van der Waals surface area contributed by atoms with Crippen LogP contribution in [0.3, 0.4) is 0 Å². The largest absolute Gasteiger partial charge is 0.497 e. The first-order valence-corrected chi connectivity index (χ1v) is 7.51. The van der Waals surface area contributed by atoms with E-state index in [4.69, 9.17) is 4.74 Å². The molecule has 3 aromatic rings. The zero-order chi connectivity index (χ0) is 15.8. The van der Waals surface area contributed by atoms with Crippen LogP contribution in [0.15, 0.2) is 48.9 Å². The Labute approximate surface area is 133 Å². The summed E-state index contributed by atoms with van der Waals surface area (Å²) >= 11 is 0. The van der Waals surface area contributed by atoms with Gasteiger partial charge in [-0.15, -0.1) is 0 Å². The molecule has 1 aliphatic heterocycles. The fourth-order valence-corrected chi connectivity index (χ4v) is 2.91. The minimum Gasteiger partial charge on any atom is -0.497 e. The summed E-state index contributed by atoms with van der Waals surface area (Å²) in [6, 6.07) is 9.75. The Morgan fingerprint density at radius 1 is 1.35 bits per heavy atom. The van der Waals surface area contributed by atoms with Gasteiger partial charge in [0.25, 0.3) is 5.91 Å². The van der Waals surface area contributed by atoms with Crippen molar-refractivity contribution in [3.05, 3.63) is 60.2 Å². The number of fused-ring (bicyclic) bond motifs is 1. The number of hydrogen-bond acceptors (Lipinski definition) is 4. The maximum absolute atomic E-state index is 12.7. The zero-order valence-electron chi connectivity index (χ0n) is 12.7. The van der Waals surface area contributed by atoms with Gasteiger partial charge in [0.15, 0.2) is 0 Å². The van der Waals surface area contributed by atoms with Crippen molar-refractivity contribution in [2.75, 3.05) is 13.7 Å². The van der Waals surface area contributed by atoms with Crippen molar-refractivity contribution in [1.82, 2.24) is 19.3 Å². The number of methoxy groups -OCH3 is 1. The molecule has 116 valence electrons. The molecule has 6 heteroatoms. The van der Waals surface area contributed by atoms with Gasteiger partial charge in [-0.1, -0.05) is 12.1 Å². The van der Waals surface area contributed by atoms with E-state index in [-0.39, 0.29) is 11.9 Å². The number of imidazole rings is 1. The number of carbonyl (C=O) groups is 1. The van der Waals surface area contributed by atoms with Gasteiger partial charge in [0, 0.05) is 25.1 Å². The van der Waals surface area contributed by atoms with Gasteiger partial charge in [0.2, 0.25) is 5.78 Å². The predicted molar refractivity (Wildman–Crippen MR) is 84.4 cm³/mol. The van der Waals surface area contributed by atoms with Gasteiger partial charge in [0.05, 0.1) is 13.2 Å². The summed E-state index contributed by atoms with van der Waals surface area (Å²) in [5.74, 6) is 1.28. The molecule has 0 radical (unpaired) electrons. The molecule has 1 saturated heterocycles. The van der Waals surface area contributed by atoms with E-state index in [1.54, 1.807) is 23.9 Å². The van der Waals surface area contributed by atoms with Crippen molar-refractivity contribution in [2.45, 2.75) is 12.5 Å². The SMILES string of the molecule is COc1cccc([C@@H]2CCN2C(=O)c2cn3cccnc3n2)c1. The van der Waals surface area contributed by atoms with Crippen molar-refractivity contribution >= 4 is 11.7 Å². The molecule has 3 heterocycles. The van der Waals surface area contributed by atoms with Crippen molar-refractivity contribution in [1.29, 1.82) is 0 Å². The summed E-state index contributed by atoms with van der Waals surface area (Å²) in [5, 5.41) is 0. The van der Waals surface area contributed by atoms with Crippen LogP contribution >= 0.6 is 0 Å². The van der Waals surface area contributed by atoms with E-state index in [1.165, 1.54) is 0 Å². The highest BCUT2D eigenvalue weighted by Crippen LogP contribution is 2.35. The van der Waals surface area contributed by atoms with Gasteiger partial charge in [-0.2, -0.15) is 0 Å². The van der Waals surface area contributed by atoms with Gasteiger partial charge in [-0.05, 0) is 30.2 Å². The number of amides is 1. The number of aromatic nitrogens is 3. The number of rotatable bonds is 3. The molecule has 6 nitrogen and oxygen atoms in total. The maximum atomic E-state index is 12.7. The Hall–Kier alpha value is -2.89. The monoisotopic (exact) mass is 308 g/mol. The number of ether oxygens (including phenoxy) is 1. The van der Waals surface area contributed by atoms with Crippen LogP contribution in [-0.4, -0.2) is 38.8 Å². The van der Waals surface area contributed by atoms with E-state index in [9.17, 15) is 4.79 Å². The second-order valence-electron chi connectivity index (χ2n) is 5.53. The fraction of sp³-hybridized carbons (Fsp3) is 0.235. The Morgan fingerprint density at radius 2 is 2.26 bits per heavy atom. The van der Waals surface area contributed by atoms with Crippen LogP contribution in [0.1, 0.15) is 28.5 Å². The van der Waals surface area contributed by atoms with Gasteiger partial charge in [-0.3, -0.25) is 9.20 Å². The van der Waals surface area contributed by atoms with Crippen molar-refractivity contribution in [3.63, 3.8) is 0 Å². The third-order valence-electron chi connectivity index (χ3n) is 4.21. The standard InChI is InChI=1S/C17H16N4O2/c1-23-13-5-2-4-12(10-13)15-6-9-21(15)16(22)14-11-20-8-3-7-18-17(20)19-14/h2-5,7-8,10-11,15H,6,9H2,1H3/t15-/m0/s1. The van der Waals surface area contributed by atoms with E-state index >= 15 is 0 Å². The third kappa shape index (κ3) is 2.32. The lowest BCUT2D eigenvalue weighted by molar-refractivity contribution is 0.0454. The molecule has 23 heavy (non-hydrogen) atoms. The molecular formula is C17H16N4O2. The van der Waals surface area contributed by atoms with Gasteiger partial charge < -0.3 is 9.64 Å². The predicted octanol–water partition coefficient (Wildman–Crippen LogP) is 2.33. The molecule has 0 spiro atoms. The first kappa shape index (κ1) is 13.8. The lowest BCUT2D eigenvalue weighted by atomic mass is 9.94. The van der Waals surface area contributed by atoms with E-state index in [0.717, 1.165) is 24.3 Å². The minimum absolute atomic E-state index is 0.0606. The normalized spacial score (nSPS) is 17.1. The summed E-state index contributed by atoms with van der Waals surface area (Å²) in [6.07, 6.45) is 6.18. The summed E-state index contributed by atoms with van der Waals surface area (Å²) in [5.41, 5.74) is 1.52. The number of nitrogens with zero attached hydrogens (tertiary/aromatic N) is 4. The third-order valence-corrected chi connectivity index (χ3v) is 4.21. The molecule has 2 aromatic heterocycles. The summed E-state index contributed by atoms with van der Waals surface area (Å²) in [4.78, 5) is 23.0. The van der Waals surface area contributed by atoms with E-state index in [2.05, 4.69) is 9.97 Å². The molecule has 1 fully saturated rings. The van der Waals surface area contributed by atoms with Crippen molar-refractivity contribution in [3.8, 4) is 5.75 Å². The lowest BCUT2D eigenvalue weighted by Gasteiger charge is -2.41. The topological polar surface area (TPSA) is 59.7 Å². The van der Waals surface area contributed by atoms with E-state index < -0.39 is 0 Å². The minimum atomic E-state index is -0.0606.